The normalized spacial score (nSPS) is 12.5. The fourth-order valence-corrected chi connectivity index (χ4v) is 3.33. The van der Waals surface area contributed by atoms with E-state index in [0.717, 1.165) is 10.1 Å². The number of hydrogen-bond acceptors (Lipinski definition) is 5. The first-order valence-electron chi connectivity index (χ1n) is 10.3. The lowest BCUT2D eigenvalue weighted by Crippen LogP contribution is -2.47. The standard InChI is InChI=1S/C23H26FN3O6/c1-3-18(22(32)26-16(11-21(30)31)19(28)12-24)27-13-14(2)9-17(23(27)33)25-20(29)10-15-7-5-4-6-8-15/h4-9,13,16,18H,3,10-12H2,1-2H3,(H,25,29)(H,26,32)(H,30,31)/t16?,18-/m0/s1. The molecule has 176 valence electrons. The van der Waals surface area contributed by atoms with Gasteiger partial charge in [-0.15, -0.1) is 0 Å². The van der Waals surface area contributed by atoms with Gasteiger partial charge in [-0.3, -0.25) is 24.0 Å². The molecule has 1 heterocycles. The van der Waals surface area contributed by atoms with E-state index < -0.39 is 54.3 Å². The van der Waals surface area contributed by atoms with E-state index in [9.17, 15) is 28.4 Å². The summed E-state index contributed by atoms with van der Waals surface area (Å²) in [6.07, 6.45) is 0.810. The molecule has 0 spiro atoms. The molecule has 2 aromatic rings. The molecule has 1 unspecified atom stereocenters. The summed E-state index contributed by atoms with van der Waals surface area (Å²) in [4.78, 5) is 60.9. The molecule has 0 radical (unpaired) electrons. The average molecular weight is 459 g/mol. The number of carboxylic acid groups (broad SMARTS) is 1. The highest BCUT2D eigenvalue weighted by molar-refractivity contribution is 5.94. The number of aromatic nitrogens is 1. The Hall–Kier alpha value is -3.82. The van der Waals surface area contributed by atoms with Gasteiger partial charge in [0, 0.05) is 6.20 Å². The van der Waals surface area contributed by atoms with E-state index in [2.05, 4.69) is 10.6 Å². The lowest BCUT2D eigenvalue weighted by Gasteiger charge is -2.22. The number of Topliss-reactive ketones (excluding diaryl/α,β-unsaturated/α-hetero) is 1. The summed E-state index contributed by atoms with van der Waals surface area (Å²) in [5, 5.41) is 13.7. The maximum atomic E-state index is 13.0. The molecule has 1 aromatic carbocycles. The van der Waals surface area contributed by atoms with Crippen molar-refractivity contribution < 1.29 is 28.7 Å². The van der Waals surface area contributed by atoms with E-state index in [0.29, 0.717) is 5.56 Å². The molecular formula is C23H26FN3O6. The third-order valence-electron chi connectivity index (χ3n) is 4.90. The van der Waals surface area contributed by atoms with Crippen molar-refractivity contribution in [3.05, 3.63) is 64.1 Å². The van der Waals surface area contributed by atoms with E-state index in [1.807, 2.05) is 6.07 Å². The van der Waals surface area contributed by atoms with Gasteiger partial charge >= 0.3 is 5.97 Å². The van der Waals surface area contributed by atoms with Crippen LogP contribution in [-0.4, -0.2) is 46.0 Å². The fourth-order valence-electron chi connectivity index (χ4n) is 3.33. The second-order valence-electron chi connectivity index (χ2n) is 7.54. The fraction of sp³-hybridized carbons (Fsp3) is 0.348. The summed E-state index contributed by atoms with van der Waals surface area (Å²) >= 11 is 0. The Morgan fingerprint density at radius 2 is 1.82 bits per heavy atom. The molecule has 33 heavy (non-hydrogen) atoms. The van der Waals surface area contributed by atoms with Gasteiger partial charge in [0.1, 0.15) is 24.4 Å². The van der Waals surface area contributed by atoms with E-state index in [1.54, 1.807) is 38.1 Å². The highest BCUT2D eigenvalue weighted by Crippen LogP contribution is 2.15. The lowest BCUT2D eigenvalue weighted by molar-refractivity contribution is -0.140. The molecule has 2 rings (SSSR count). The molecule has 0 aliphatic heterocycles. The zero-order valence-electron chi connectivity index (χ0n) is 18.3. The molecule has 0 aliphatic rings. The van der Waals surface area contributed by atoms with Crippen molar-refractivity contribution in [2.75, 3.05) is 12.0 Å². The minimum Gasteiger partial charge on any atom is -0.481 e. The molecular weight excluding hydrogens is 433 g/mol. The zero-order chi connectivity index (χ0) is 24.5. The van der Waals surface area contributed by atoms with Crippen LogP contribution in [0.1, 0.15) is 36.9 Å². The average Bonchev–Trinajstić information content (AvgIpc) is 2.76. The number of rotatable bonds is 11. The van der Waals surface area contributed by atoms with Crippen molar-refractivity contribution in [3.8, 4) is 0 Å². The van der Waals surface area contributed by atoms with Crippen LogP contribution in [0.5, 0.6) is 0 Å². The molecule has 0 saturated carbocycles. The summed E-state index contributed by atoms with van der Waals surface area (Å²) in [6.45, 7) is 1.86. The summed E-state index contributed by atoms with van der Waals surface area (Å²) in [7, 11) is 0. The van der Waals surface area contributed by atoms with Gasteiger partial charge in [-0.25, -0.2) is 4.39 Å². The predicted octanol–water partition coefficient (Wildman–Crippen LogP) is 1.79. The van der Waals surface area contributed by atoms with Crippen LogP contribution in [0.15, 0.2) is 47.4 Å². The predicted molar refractivity (Wildman–Crippen MR) is 119 cm³/mol. The number of amides is 2. The summed E-state index contributed by atoms with van der Waals surface area (Å²) in [5.74, 6) is -3.68. The molecule has 2 amide bonds. The number of ketones is 1. The summed E-state index contributed by atoms with van der Waals surface area (Å²) in [6, 6.07) is 7.77. The van der Waals surface area contributed by atoms with Crippen molar-refractivity contribution in [2.45, 2.75) is 45.2 Å². The summed E-state index contributed by atoms with van der Waals surface area (Å²) < 4.78 is 13.9. The Balaban J connectivity index is 2.28. The molecule has 0 saturated heterocycles. The van der Waals surface area contributed by atoms with E-state index >= 15 is 0 Å². The number of carboxylic acids is 1. The van der Waals surface area contributed by atoms with Crippen molar-refractivity contribution in [1.29, 1.82) is 0 Å². The van der Waals surface area contributed by atoms with Gasteiger partial charge in [0.25, 0.3) is 5.56 Å². The number of carbonyl (C=O) groups excluding carboxylic acids is 3. The molecule has 9 nitrogen and oxygen atoms in total. The van der Waals surface area contributed by atoms with Crippen molar-refractivity contribution in [3.63, 3.8) is 0 Å². The lowest BCUT2D eigenvalue weighted by atomic mass is 10.1. The van der Waals surface area contributed by atoms with Gasteiger partial charge in [0.15, 0.2) is 5.78 Å². The van der Waals surface area contributed by atoms with E-state index in [-0.39, 0.29) is 18.5 Å². The van der Waals surface area contributed by atoms with Crippen molar-refractivity contribution in [2.24, 2.45) is 0 Å². The van der Waals surface area contributed by atoms with Crippen LogP contribution in [0.3, 0.4) is 0 Å². The minimum absolute atomic E-state index is 0.0240. The monoisotopic (exact) mass is 459 g/mol. The molecule has 0 bridgehead atoms. The van der Waals surface area contributed by atoms with Crippen molar-refractivity contribution in [1.82, 2.24) is 9.88 Å². The largest absolute Gasteiger partial charge is 0.481 e. The number of carbonyl (C=O) groups is 4. The first-order chi connectivity index (χ1) is 15.7. The number of aliphatic carboxylic acids is 1. The number of hydrogen-bond donors (Lipinski definition) is 3. The van der Waals surface area contributed by atoms with Crippen LogP contribution in [0.25, 0.3) is 0 Å². The van der Waals surface area contributed by atoms with E-state index in [1.165, 1.54) is 12.3 Å². The number of anilines is 1. The Labute approximate surface area is 189 Å². The first-order valence-corrected chi connectivity index (χ1v) is 10.3. The second-order valence-corrected chi connectivity index (χ2v) is 7.54. The van der Waals surface area contributed by atoms with E-state index in [4.69, 9.17) is 5.11 Å². The van der Waals surface area contributed by atoms with Gasteiger partial charge in [-0.1, -0.05) is 37.3 Å². The highest BCUT2D eigenvalue weighted by Gasteiger charge is 2.28. The number of nitrogens with zero attached hydrogens (tertiary/aromatic N) is 1. The number of benzene rings is 1. The zero-order valence-corrected chi connectivity index (χ0v) is 18.3. The Morgan fingerprint density at radius 1 is 1.15 bits per heavy atom. The Kier molecular flexibility index (Phi) is 9.02. The van der Waals surface area contributed by atoms with Gasteiger partial charge < -0.3 is 20.3 Å². The van der Waals surface area contributed by atoms with Gasteiger partial charge in [0.2, 0.25) is 11.8 Å². The SMILES string of the molecule is CC[C@@H](C(=O)NC(CC(=O)O)C(=O)CF)n1cc(C)cc(NC(=O)Cc2ccccc2)c1=O. The molecule has 3 N–H and O–H groups in total. The third kappa shape index (κ3) is 7.09. The van der Waals surface area contributed by atoms with Gasteiger partial charge in [0.05, 0.1) is 12.8 Å². The van der Waals surface area contributed by atoms with Crippen molar-refractivity contribution >= 4 is 29.3 Å². The summed E-state index contributed by atoms with van der Waals surface area (Å²) in [5.41, 5.74) is 0.674. The highest BCUT2D eigenvalue weighted by atomic mass is 19.1. The number of aryl methyl sites for hydroxylation is 1. The van der Waals surface area contributed by atoms with Crippen LogP contribution < -0.4 is 16.2 Å². The van der Waals surface area contributed by atoms with Crippen LogP contribution in [0.2, 0.25) is 0 Å². The number of halogens is 1. The van der Waals surface area contributed by atoms with Gasteiger partial charge in [-0.05, 0) is 30.5 Å². The molecule has 1 aromatic heterocycles. The molecule has 10 heteroatoms. The Bertz CT molecular complexity index is 1080. The molecule has 2 atom stereocenters. The smallest absolute Gasteiger partial charge is 0.305 e. The van der Waals surface area contributed by atoms with Crippen LogP contribution in [0, 0.1) is 6.92 Å². The molecule has 0 fully saturated rings. The first kappa shape index (κ1) is 25.4. The van der Waals surface area contributed by atoms with Gasteiger partial charge in [-0.2, -0.15) is 0 Å². The van der Waals surface area contributed by atoms with Crippen LogP contribution in [0.4, 0.5) is 10.1 Å². The number of pyridine rings is 1. The number of alkyl halides is 1. The Morgan fingerprint density at radius 3 is 2.39 bits per heavy atom. The second kappa shape index (κ2) is 11.7. The third-order valence-corrected chi connectivity index (χ3v) is 4.90. The maximum absolute atomic E-state index is 13.0. The quantitative estimate of drug-likeness (QED) is 0.469. The van der Waals surface area contributed by atoms with Crippen LogP contribution in [-0.2, 0) is 25.6 Å². The minimum atomic E-state index is -1.56. The maximum Gasteiger partial charge on any atom is 0.305 e. The number of nitrogens with one attached hydrogen (secondary N) is 2. The van der Waals surface area contributed by atoms with Crippen LogP contribution >= 0.6 is 0 Å². The molecule has 0 aliphatic carbocycles. The topological polar surface area (TPSA) is 135 Å².